The number of aromatic carboxylic acids is 2. The highest BCUT2D eigenvalue weighted by molar-refractivity contribution is 6.68. The maximum atomic E-state index is 13.0. The molecule has 0 atom stereocenters. The van der Waals surface area contributed by atoms with Gasteiger partial charge in [-0.25, -0.2) is 48.5 Å². The fourth-order valence-corrected chi connectivity index (χ4v) is 11.4. The number of esters is 3. The minimum absolute atomic E-state index is 0. The van der Waals surface area contributed by atoms with Crippen molar-refractivity contribution in [3.63, 3.8) is 0 Å². The molecule has 0 bridgehead atoms. The molecule has 0 unspecified atom stereocenters. The summed E-state index contributed by atoms with van der Waals surface area (Å²) in [7, 11) is 0. The summed E-state index contributed by atoms with van der Waals surface area (Å²) in [5.41, 5.74) is 13.7. The molecule has 0 fully saturated rings. The number of anilines is 6. The maximum Gasteiger partial charge on any atom is 0.343 e. The molecule has 6 heterocycles. The lowest BCUT2D eigenvalue weighted by Crippen LogP contribution is -2.29. The zero-order valence-corrected chi connectivity index (χ0v) is 76.1. The molecule has 0 aromatic heterocycles. The van der Waals surface area contributed by atoms with Gasteiger partial charge < -0.3 is 35.6 Å². The van der Waals surface area contributed by atoms with Crippen LogP contribution in [0, 0.1) is 0 Å². The van der Waals surface area contributed by atoms with Crippen molar-refractivity contribution >= 4 is 163 Å². The number of nitrogens with zero attached hydrogens (tertiary/aromatic N) is 5. The van der Waals surface area contributed by atoms with E-state index in [0.29, 0.717) is 62.1 Å². The predicted molar refractivity (Wildman–Crippen MR) is 530 cm³/mol. The average Bonchev–Trinajstić information content (AvgIpc) is 1.24. The molecule has 0 radical (unpaired) electrons. The number of benzene rings is 10. The van der Waals surface area contributed by atoms with Gasteiger partial charge in [0.1, 0.15) is 17.2 Å². The van der Waals surface area contributed by atoms with Gasteiger partial charge in [-0.1, -0.05) is 166 Å². The number of imide groups is 5. The topological polar surface area (TPSA) is 449 Å². The van der Waals surface area contributed by atoms with Crippen LogP contribution in [0.4, 0.5) is 34.1 Å². The Morgan fingerprint density at radius 3 is 0.664 bits per heavy atom. The number of phenolic OH excluding ortho intramolecular Hbond substituents is 2. The zero-order valence-electron chi connectivity index (χ0n) is 74.5. The molecule has 6 aliphatic heterocycles. The SMILES string of the molecule is C.C.C.CC.CC.CC.CC.CC.CC.Nc1ccc(C(=O)O)cc1.O=C(Cl)c1ccc(N2C(=O)C=CC2=O)cc1.O=C(Cl)c1ccc(N2C(=O)C=CC2=O)cc1.O=C(O)c1ccc(N2C(=O)C=CC2=O)cc1.O=C(Oc1ccc(-c2ccc(C(=O)c3ccc(N4C(=O)C=CC4=O)cc3)cc2)cc1)c1ccc(N2C(=O)C=CC2=O)cc1.O=C1C=CC(=O)O1.Oc1ccc(-c2ccc(O)cc2)cc1. The van der Waals surface area contributed by atoms with Gasteiger partial charge in [0.2, 0.25) is 0 Å². The number of ether oxygens (including phenoxy) is 2. The van der Waals surface area contributed by atoms with E-state index in [1.807, 2.05) is 119 Å². The minimum Gasteiger partial charge on any atom is -0.508 e. The van der Waals surface area contributed by atoms with Crippen LogP contribution in [0.3, 0.4) is 0 Å². The van der Waals surface area contributed by atoms with Crippen molar-refractivity contribution in [3.05, 3.63) is 355 Å². The van der Waals surface area contributed by atoms with E-state index in [1.165, 1.54) is 170 Å². The summed E-state index contributed by atoms with van der Waals surface area (Å²) in [5.74, 6) is -7.26. The third-order valence-corrected chi connectivity index (χ3v) is 17.6. The highest BCUT2D eigenvalue weighted by Gasteiger charge is 2.30. The largest absolute Gasteiger partial charge is 0.508 e. The molecule has 0 saturated heterocycles. The van der Waals surface area contributed by atoms with E-state index in [9.17, 15) is 86.3 Å². The van der Waals surface area contributed by atoms with Crippen LogP contribution in [0.15, 0.2) is 316 Å². The number of phenols is 2. The summed E-state index contributed by atoms with van der Waals surface area (Å²) < 4.78 is 9.44. The molecule has 30 nitrogen and oxygen atoms in total. The van der Waals surface area contributed by atoms with E-state index in [0.717, 1.165) is 58.9 Å². The maximum absolute atomic E-state index is 13.0. The van der Waals surface area contributed by atoms with Gasteiger partial charge in [0, 0.05) is 101 Å². The van der Waals surface area contributed by atoms with Crippen LogP contribution in [0.25, 0.3) is 22.3 Å². The Morgan fingerprint density at radius 1 is 0.263 bits per heavy atom. The summed E-state index contributed by atoms with van der Waals surface area (Å²) in [6.45, 7) is 24.0. The van der Waals surface area contributed by atoms with E-state index in [4.69, 9.17) is 54.1 Å². The minimum atomic E-state index is -1.05. The first kappa shape index (κ1) is 118. The summed E-state index contributed by atoms with van der Waals surface area (Å²) >= 11 is 10.5. The number of ketones is 1. The summed E-state index contributed by atoms with van der Waals surface area (Å²) in [4.78, 5) is 208. The van der Waals surface area contributed by atoms with Gasteiger partial charge in [0.05, 0.1) is 45.1 Å². The molecule has 10 aromatic carbocycles. The average molecular weight is 1910 g/mol. The first-order valence-corrected chi connectivity index (χ1v) is 42.1. The number of aromatic hydroxyl groups is 2. The standard InChI is InChI=1S/C34H20N2O7.C12H10O2.2C11H6ClNO3.C11H7NO4.C7H7NO2.C4H2O3.6C2H6.3CH4/c37-29-17-18-30(38)35(29)26-11-5-24(6-12-26)33(41)23-3-1-21(2-4-23)22-9-15-28(16-10-22)43-34(42)25-7-13-27(14-8-25)36-31(39)19-20-32(36)40;13-11-5-1-9(2-6-11)10-3-7-12(14)8-4-10;2*12-11(16)7-1-3-8(4-2-7)13-9(14)5-6-10(13)15;13-9-5-6-10(14)12(9)8-3-1-7(2-4-8)11(15)16;8-6-3-1-5(2-4-6)7(9)10;5-3-1-2-4(6)7-3;6*1-2;;;/h1-20H;1-8,13-14H;2*1-6H;1-6H,(H,15,16);1-4H,8H2,(H,9,10);1-2H;6*1-2H3;3*1H4. The van der Waals surface area contributed by atoms with Crippen molar-refractivity contribution in [3.8, 4) is 39.5 Å². The Morgan fingerprint density at radius 2 is 0.453 bits per heavy atom. The molecule has 6 aliphatic rings. The third-order valence-electron chi connectivity index (χ3n) is 17.2. The van der Waals surface area contributed by atoms with Crippen LogP contribution in [-0.4, -0.2) is 126 Å². The van der Waals surface area contributed by atoms with E-state index in [-0.39, 0.29) is 56.3 Å². The molecule has 10 aromatic rings. The molecule has 714 valence electrons. The second-order valence-electron chi connectivity index (χ2n) is 25.2. The number of nitrogens with two attached hydrogens (primary N) is 1. The Bertz CT molecular complexity index is 5700. The number of carbonyl (C=O) groups is 18. The lowest BCUT2D eigenvalue weighted by atomic mass is 9.99. The molecule has 6 N–H and O–H groups in total. The van der Waals surface area contributed by atoms with Crippen LogP contribution < -0.4 is 35.0 Å². The lowest BCUT2D eigenvalue weighted by molar-refractivity contribution is -0.150. The van der Waals surface area contributed by atoms with E-state index in [1.54, 1.807) is 97.1 Å². The number of cyclic esters (lactones) is 2. The molecule has 0 saturated carbocycles. The van der Waals surface area contributed by atoms with Gasteiger partial charge in [0.15, 0.2) is 5.78 Å². The summed E-state index contributed by atoms with van der Waals surface area (Å²) in [6, 6.07) is 63.5. The molecular formula is C105H106Cl2N6O24. The first-order valence-electron chi connectivity index (χ1n) is 41.3. The Balaban J connectivity index is 0.000000843. The molecule has 16 rings (SSSR count). The fraction of sp³-hybridized carbons (Fsp3) is 0.143. The predicted octanol–water partition coefficient (Wildman–Crippen LogP) is 19.9. The second kappa shape index (κ2) is 60.0. The molecule has 137 heavy (non-hydrogen) atoms. The van der Waals surface area contributed by atoms with Crippen LogP contribution in [0.5, 0.6) is 17.2 Å². The normalized spacial score (nSPS) is 12.4. The lowest BCUT2D eigenvalue weighted by Gasteiger charge is -2.14. The van der Waals surface area contributed by atoms with Crippen LogP contribution in [0.2, 0.25) is 0 Å². The van der Waals surface area contributed by atoms with Gasteiger partial charge in [-0.05, 0) is 227 Å². The molecule has 0 spiro atoms. The quantitative estimate of drug-likeness (QED) is 0.0121. The molecule has 10 amide bonds. The Hall–Kier alpha value is -17.1. The highest BCUT2D eigenvalue weighted by Crippen LogP contribution is 2.30. The molecule has 32 heteroatoms. The molecular weight excluding hydrogens is 1800 g/mol. The second-order valence-corrected chi connectivity index (χ2v) is 25.9. The number of amides is 10. The number of carbonyl (C=O) groups excluding carboxylic acids is 16. The summed E-state index contributed by atoms with van der Waals surface area (Å²) in [6.07, 6.45) is 14.1. The van der Waals surface area contributed by atoms with Gasteiger partial charge in [-0.2, -0.15) is 0 Å². The van der Waals surface area contributed by atoms with Gasteiger partial charge in [0.25, 0.3) is 69.6 Å². The first-order chi connectivity index (χ1) is 64.3. The zero-order chi connectivity index (χ0) is 100. The number of carboxylic acids is 2. The Labute approximate surface area is 803 Å². The number of nitrogen functional groups attached to an aromatic ring is 1. The Kier molecular flexibility index (Phi) is 51.7. The van der Waals surface area contributed by atoms with Crippen LogP contribution in [0.1, 0.15) is 173 Å². The number of hydrogen-bond acceptors (Lipinski definition) is 23. The van der Waals surface area contributed by atoms with Crippen LogP contribution >= 0.6 is 23.2 Å². The number of halogens is 2. The van der Waals surface area contributed by atoms with E-state index < -0.39 is 99.4 Å². The van der Waals surface area contributed by atoms with Crippen LogP contribution in [-0.2, 0) is 62.3 Å². The van der Waals surface area contributed by atoms with Crippen molar-refractivity contribution in [2.75, 3.05) is 30.2 Å². The van der Waals surface area contributed by atoms with Crippen molar-refractivity contribution in [2.45, 2.75) is 105 Å². The van der Waals surface area contributed by atoms with Gasteiger partial charge in [-0.15, -0.1) is 0 Å². The number of hydrogen-bond donors (Lipinski definition) is 5. The fourth-order valence-electron chi connectivity index (χ4n) is 11.1. The number of carboxylic acid groups (broad SMARTS) is 2. The van der Waals surface area contributed by atoms with Crippen molar-refractivity contribution in [1.29, 1.82) is 0 Å². The van der Waals surface area contributed by atoms with Crippen molar-refractivity contribution in [1.82, 2.24) is 0 Å². The summed E-state index contributed by atoms with van der Waals surface area (Å²) in [5, 5.41) is 34.2. The third kappa shape index (κ3) is 34.5. The van der Waals surface area contributed by atoms with E-state index >= 15 is 0 Å². The molecule has 0 aliphatic carbocycles. The smallest absolute Gasteiger partial charge is 0.343 e. The van der Waals surface area contributed by atoms with Crippen molar-refractivity contribution in [2.24, 2.45) is 0 Å². The number of rotatable bonds is 15. The van der Waals surface area contributed by atoms with Crippen molar-refractivity contribution < 1.29 is 116 Å². The van der Waals surface area contributed by atoms with Gasteiger partial charge >= 0.3 is 29.8 Å². The van der Waals surface area contributed by atoms with E-state index in [2.05, 4.69) is 4.74 Å². The monoisotopic (exact) mass is 1900 g/mol. The van der Waals surface area contributed by atoms with Gasteiger partial charge in [-0.3, -0.25) is 62.3 Å². The highest BCUT2D eigenvalue weighted by atomic mass is 35.5.